The third-order valence-corrected chi connectivity index (χ3v) is 1.77. The van der Waals surface area contributed by atoms with Gasteiger partial charge in [0.05, 0.1) is 14.1 Å². The van der Waals surface area contributed by atoms with Crippen molar-refractivity contribution in [2.24, 2.45) is 0 Å². The van der Waals surface area contributed by atoms with E-state index in [2.05, 4.69) is 44.9 Å². The molecule has 0 aromatic heterocycles. The summed E-state index contributed by atoms with van der Waals surface area (Å²) >= 11 is 0. The molecule has 0 unspecified atom stereocenters. The van der Waals surface area contributed by atoms with Gasteiger partial charge in [-0.1, -0.05) is 36.9 Å². The van der Waals surface area contributed by atoms with Gasteiger partial charge in [0, 0.05) is 5.56 Å². The fraction of sp³-hybridized carbons (Fsp3) is 0.273. The van der Waals surface area contributed by atoms with Crippen LogP contribution in [0.15, 0.2) is 30.8 Å². The van der Waals surface area contributed by atoms with Crippen molar-refractivity contribution in [2.75, 3.05) is 14.1 Å². The van der Waals surface area contributed by atoms with Crippen LogP contribution in [-0.4, -0.2) is 14.1 Å². The van der Waals surface area contributed by atoms with Crippen molar-refractivity contribution in [2.45, 2.75) is 6.54 Å². The standard InChI is InChI=1S/C11H15N/c1-4-10-5-7-11(8-6-10)9-12(2)3/h4-8H,1,9H2,2-3H3/p+1. The van der Waals surface area contributed by atoms with Crippen molar-refractivity contribution in [1.29, 1.82) is 0 Å². The first-order valence-corrected chi connectivity index (χ1v) is 4.23. The van der Waals surface area contributed by atoms with Crippen LogP contribution in [0.1, 0.15) is 11.1 Å². The van der Waals surface area contributed by atoms with E-state index in [1.54, 1.807) is 0 Å². The van der Waals surface area contributed by atoms with Gasteiger partial charge in [0.15, 0.2) is 0 Å². The molecule has 0 aliphatic rings. The maximum absolute atomic E-state index is 3.72. The number of rotatable bonds is 3. The summed E-state index contributed by atoms with van der Waals surface area (Å²) in [6.45, 7) is 4.80. The Morgan fingerprint density at radius 1 is 1.25 bits per heavy atom. The van der Waals surface area contributed by atoms with E-state index in [1.807, 2.05) is 6.08 Å². The molecule has 0 radical (unpaired) electrons. The van der Waals surface area contributed by atoms with E-state index in [9.17, 15) is 0 Å². The molecule has 0 amide bonds. The highest BCUT2D eigenvalue weighted by molar-refractivity contribution is 5.46. The minimum atomic E-state index is 1.08. The van der Waals surface area contributed by atoms with Crippen molar-refractivity contribution in [3.8, 4) is 0 Å². The Bertz CT molecular complexity index is 246. The maximum Gasteiger partial charge on any atom is 0.102 e. The quantitative estimate of drug-likeness (QED) is 0.675. The van der Waals surface area contributed by atoms with Gasteiger partial charge in [-0.05, 0) is 5.56 Å². The van der Waals surface area contributed by atoms with Gasteiger partial charge in [-0.25, -0.2) is 0 Å². The lowest BCUT2D eigenvalue weighted by Crippen LogP contribution is -3.04. The number of hydrogen-bond acceptors (Lipinski definition) is 0. The van der Waals surface area contributed by atoms with Gasteiger partial charge in [0.25, 0.3) is 0 Å². The molecule has 0 aliphatic heterocycles. The summed E-state index contributed by atoms with van der Waals surface area (Å²) in [5.41, 5.74) is 2.56. The van der Waals surface area contributed by atoms with E-state index in [1.165, 1.54) is 16.0 Å². The van der Waals surface area contributed by atoms with Crippen molar-refractivity contribution < 1.29 is 4.90 Å². The van der Waals surface area contributed by atoms with Crippen molar-refractivity contribution in [1.82, 2.24) is 0 Å². The summed E-state index contributed by atoms with van der Waals surface area (Å²) in [4.78, 5) is 1.45. The minimum absolute atomic E-state index is 1.08. The average molecular weight is 162 g/mol. The highest BCUT2D eigenvalue weighted by Gasteiger charge is 1.96. The lowest BCUT2D eigenvalue weighted by molar-refractivity contribution is -0.872. The Labute approximate surface area is 74.3 Å². The zero-order valence-electron chi connectivity index (χ0n) is 7.80. The smallest absolute Gasteiger partial charge is 0.102 e. The fourth-order valence-corrected chi connectivity index (χ4v) is 1.18. The van der Waals surface area contributed by atoms with Gasteiger partial charge >= 0.3 is 0 Å². The van der Waals surface area contributed by atoms with Crippen LogP contribution < -0.4 is 4.90 Å². The fourth-order valence-electron chi connectivity index (χ4n) is 1.18. The Morgan fingerprint density at radius 2 is 1.83 bits per heavy atom. The Balaban J connectivity index is 2.71. The van der Waals surface area contributed by atoms with Crippen LogP contribution in [0.25, 0.3) is 6.08 Å². The summed E-state index contributed by atoms with van der Waals surface area (Å²) in [6.07, 6.45) is 1.87. The second-order valence-electron chi connectivity index (χ2n) is 3.33. The third-order valence-electron chi connectivity index (χ3n) is 1.77. The summed E-state index contributed by atoms with van der Waals surface area (Å²) in [6, 6.07) is 8.52. The van der Waals surface area contributed by atoms with Gasteiger partial charge in [-0.3, -0.25) is 0 Å². The van der Waals surface area contributed by atoms with Gasteiger partial charge < -0.3 is 4.90 Å². The van der Waals surface area contributed by atoms with Crippen molar-refractivity contribution in [3.05, 3.63) is 42.0 Å². The molecule has 1 N–H and O–H groups in total. The molecular formula is C11H16N+. The molecule has 1 heteroatoms. The van der Waals surface area contributed by atoms with Gasteiger partial charge in [-0.15, -0.1) is 0 Å². The van der Waals surface area contributed by atoms with E-state index in [0.717, 1.165) is 6.54 Å². The second kappa shape index (κ2) is 4.07. The molecule has 1 aromatic carbocycles. The van der Waals surface area contributed by atoms with Gasteiger partial charge in [-0.2, -0.15) is 0 Å². The summed E-state index contributed by atoms with van der Waals surface area (Å²) < 4.78 is 0. The second-order valence-corrected chi connectivity index (χ2v) is 3.33. The molecular weight excluding hydrogens is 146 g/mol. The van der Waals surface area contributed by atoms with Gasteiger partial charge in [0.2, 0.25) is 0 Å². The zero-order chi connectivity index (χ0) is 8.97. The zero-order valence-corrected chi connectivity index (χ0v) is 7.80. The predicted molar refractivity (Wildman–Crippen MR) is 53.0 cm³/mol. The monoisotopic (exact) mass is 162 g/mol. The van der Waals surface area contributed by atoms with Crippen LogP contribution >= 0.6 is 0 Å². The van der Waals surface area contributed by atoms with E-state index >= 15 is 0 Å². The molecule has 0 saturated carbocycles. The van der Waals surface area contributed by atoms with Crippen LogP contribution in [0, 0.1) is 0 Å². The van der Waals surface area contributed by atoms with Crippen molar-refractivity contribution in [3.63, 3.8) is 0 Å². The van der Waals surface area contributed by atoms with Crippen LogP contribution in [-0.2, 0) is 6.54 Å². The predicted octanol–water partition coefficient (Wildman–Crippen LogP) is 0.974. The normalized spacial score (nSPS) is 10.2. The first-order valence-electron chi connectivity index (χ1n) is 4.23. The summed E-state index contributed by atoms with van der Waals surface area (Å²) in [5.74, 6) is 0. The molecule has 1 aromatic rings. The van der Waals surface area contributed by atoms with Crippen LogP contribution in [0.5, 0.6) is 0 Å². The minimum Gasteiger partial charge on any atom is -0.336 e. The van der Waals surface area contributed by atoms with E-state index in [4.69, 9.17) is 0 Å². The first kappa shape index (κ1) is 9.01. The van der Waals surface area contributed by atoms with Crippen LogP contribution in [0.3, 0.4) is 0 Å². The molecule has 0 fully saturated rings. The molecule has 0 saturated heterocycles. The maximum atomic E-state index is 3.72. The molecule has 1 nitrogen and oxygen atoms in total. The molecule has 0 atom stereocenters. The molecule has 64 valence electrons. The first-order chi connectivity index (χ1) is 5.72. The number of nitrogens with one attached hydrogen (secondary N) is 1. The molecule has 1 rings (SSSR count). The number of hydrogen-bond donors (Lipinski definition) is 1. The molecule has 0 bridgehead atoms. The average Bonchev–Trinajstić information content (AvgIpc) is 2.05. The summed E-state index contributed by atoms with van der Waals surface area (Å²) in [7, 11) is 4.31. The topological polar surface area (TPSA) is 4.44 Å². The molecule has 0 spiro atoms. The third kappa shape index (κ3) is 2.51. The van der Waals surface area contributed by atoms with Crippen molar-refractivity contribution >= 4 is 6.08 Å². The highest BCUT2D eigenvalue weighted by Crippen LogP contribution is 2.03. The lowest BCUT2D eigenvalue weighted by Gasteiger charge is -2.06. The molecule has 0 heterocycles. The lowest BCUT2D eigenvalue weighted by atomic mass is 10.1. The SMILES string of the molecule is C=Cc1ccc(C[NH+](C)C)cc1. The summed E-state index contributed by atoms with van der Waals surface area (Å²) in [5, 5.41) is 0. The van der Waals surface area contributed by atoms with Gasteiger partial charge in [0.1, 0.15) is 6.54 Å². The largest absolute Gasteiger partial charge is 0.336 e. The number of quaternary nitrogens is 1. The molecule has 12 heavy (non-hydrogen) atoms. The van der Waals surface area contributed by atoms with Crippen LogP contribution in [0.4, 0.5) is 0 Å². The van der Waals surface area contributed by atoms with E-state index in [-0.39, 0.29) is 0 Å². The Kier molecular flexibility index (Phi) is 3.06. The van der Waals surface area contributed by atoms with Crippen LogP contribution in [0.2, 0.25) is 0 Å². The Morgan fingerprint density at radius 3 is 2.25 bits per heavy atom. The van der Waals surface area contributed by atoms with E-state index in [0.29, 0.717) is 0 Å². The highest BCUT2D eigenvalue weighted by atomic mass is 15.0. The Hall–Kier alpha value is -1.08. The van der Waals surface area contributed by atoms with E-state index < -0.39 is 0 Å². The molecule has 0 aliphatic carbocycles. The number of benzene rings is 1.